The topological polar surface area (TPSA) is 59.3 Å². The van der Waals surface area contributed by atoms with Crippen LogP contribution >= 0.6 is 0 Å². The van der Waals surface area contributed by atoms with E-state index in [1.807, 2.05) is 0 Å². The Bertz CT molecular complexity index is 1110. The van der Waals surface area contributed by atoms with E-state index >= 15 is 0 Å². The third-order valence-corrected chi connectivity index (χ3v) is 8.13. The lowest BCUT2D eigenvalue weighted by molar-refractivity contribution is 0.0729. The number of rotatable bonds is 8. The van der Waals surface area contributed by atoms with Gasteiger partial charge in [-0.2, -0.15) is 5.26 Å². The fourth-order valence-corrected chi connectivity index (χ4v) is 6.03. The van der Waals surface area contributed by atoms with Gasteiger partial charge in [0, 0.05) is 18.2 Å². The van der Waals surface area contributed by atoms with Crippen molar-refractivity contribution in [2.45, 2.75) is 71.1 Å². The predicted octanol–water partition coefficient (Wildman–Crippen LogP) is 7.99. The first kappa shape index (κ1) is 27.0. The lowest BCUT2D eigenvalue weighted by atomic mass is 9.69. The van der Waals surface area contributed by atoms with Gasteiger partial charge < -0.3 is 9.47 Å². The minimum absolute atomic E-state index is 0.320. The molecule has 2 aliphatic carbocycles. The summed E-state index contributed by atoms with van der Waals surface area (Å²) in [6.45, 7) is 2.78. The van der Waals surface area contributed by atoms with Crippen molar-refractivity contribution in [3.63, 3.8) is 0 Å². The summed E-state index contributed by atoms with van der Waals surface area (Å²) in [4.78, 5) is 12.3. The molecule has 0 spiro atoms. The van der Waals surface area contributed by atoms with Crippen LogP contribution in [0.15, 0.2) is 30.3 Å². The van der Waals surface area contributed by atoms with Crippen LogP contribution in [0.2, 0.25) is 0 Å². The van der Waals surface area contributed by atoms with Crippen LogP contribution in [-0.4, -0.2) is 12.6 Å². The number of carbonyl (C=O) groups excluding carboxylic acids is 1. The molecule has 0 heterocycles. The normalized spacial score (nSPS) is 23.8. The van der Waals surface area contributed by atoms with E-state index in [4.69, 9.17) is 14.7 Å². The van der Waals surface area contributed by atoms with Crippen molar-refractivity contribution in [3.05, 3.63) is 58.9 Å². The molecular formula is C30H34F3NO3. The quantitative estimate of drug-likeness (QED) is 0.265. The standard InChI is InChI=1S/C30H34F3NO3/c1-2-3-19-4-8-21(9-5-19)22-10-6-20(7-11-22)18-36-23-12-13-25(27(31)14-23)30(35)37-24-15-28(32)26(17-34)29(33)16-24/h12-16,19-22H,2-11,18H2,1H3. The molecule has 0 unspecified atom stereocenters. The highest BCUT2D eigenvalue weighted by Crippen LogP contribution is 2.42. The molecule has 0 radical (unpaired) electrons. The number of ether oxygens (including phenoxy) is 2. The first-order chi connectivity index (χ1) is 17.9. The third-order valence-electron chi connectivity index (χ3n) is 8.13. The van der Waals surface area contributed by atoms with E-state index in [-0.39, 0.29) is 5.56 Å². The number of esters is 1. The maximum atomic E-state index is 14.6. The molecule has 198 valence electrons. The largest absolute Gasteiger partial charge is 0.493 e. The van der Waals surface area contributed by atoms with Gasteiger partial charge in [0.15, 0.2) is 0 Å². The number of carbonyl (C=O) groups is 1. The van der Waals surface area contributed by atoms with Crippen LogP contribution in [0.5, 0.6) is 11.5 Å². The first-order valence-electron chi connectivity index (χ1n) is 13.4. The molecule has 7 heteroatoms. The summed E-state index contributed by atoms with van der Waals surface area (Å²) in [6.07, 6.45) is 12.9. The number of halogens is 3. The highest BCUT2D eigenvalue weighted by Gasteiger charge is 2.31. The zero-order valence-corrected chi connectivity index (χ0v) is 21.3. The van der Waals surface area contributed by atoms with Gasteiger partial charge in [0.1, 0.15) is 40.6 Å². The highest BCUT2D eigenvalue weighted by molar-refractivity contribution is 5.91. The van der Waals surface area contributed by atoms with E-state index < -0.39 is 34.7 Å². The molecule has 0 saturated heterocycles. The molecule has 2 aromatic carbocycles. The van der Waals surface area contributed by atoms with Gasteiger partial charge in [0.05, 0.1) is 12.2 Å². The van der Waals surface area contributed by atoms with Gasteiger partial charge in [-0.15, -0.1) is 0 Å². The van der Waals surface area contributed by atoms with Gasteiger partial charge in [-0.05, 0) is 74.3 Å². The van der Waals surface area contributed by atoms with Crippen molar-refractivity contribution in [2.24, 2.45) is 23.7 Å². The van der Waals surface area contributed by atoms with Crippen LogP contribution in [0.4, 0.5) is 13.2 Å². The van der Waals surface area contributed by atoms with Crippen molar-refractivity contribution in [3.8, 4) is 17.6 Å². The summed E-state index contributed by atoms with van der Waals surface area (Å²) in [6, 6.07) is 6.64. The smallest absolute Gasteiger partial charge is 0.346 e. The Balaban J connectivity index is 1.25. The summed E-state index contributed by atoms with van der Waals surface area (Å²) in [5.74, 6) is -1.36. The molecule has 37 heavy (non-hydrogen) atoms. The Morgan fingerprint density at radius 1 is 0.865 bits per heavy atom. The maximum absolute atomic E-state index is 14.6. The molecule has 0 N–H and O–H groups in total. The second kappa shape index (κ2) is 12.5. The average Bonchev–Trinajstić information content (AvgIpc) is 2.88. The Morgan fingerprint density at radius 3 is 1.97 bits per heavy atom. The van der Waals surface area contributed by atoms with Crippen molar-refractivity contribution in [2.75, 3.05) is 6.61 Å². The molecule has 0 aliphatic heterocycles. The van der Waals surface area contributed by atoms with Crippen LogP contribution in [0, 0.1) is 52.5 Å². The molecule has 2 saturated carbocycles. The number of nitriles is 1. The molecule has 0 amide bonds. The van der Waals surface area contributed by atoms with E-state index in [1.54, 1.807) is 0 Å². The molecule has 2 aliphatic rings. The van der Waals surface area contributed by atoms with Crippen LogP contribution in [0.25, 0.3) is 0 Å². The zero-order chi connectivity index (χ0) is 26.4. The van der Waals surface area contributed by atoms with Crippen LogP contribution < -0.4 is 9.47 Å². The van der Waals surface area contributed by atoms with Crippen molar-refractivity contribution in [1.82, 2.24) is 0 Å². The van der Waals surface area contributed by atoms with Crippen molar-refractivity contribution < 1.29 is 27.4 Å². The molecule has 4 nitrogen and oxygen atoms in total. The van der Waals surface area contributed by atoms with E-state index in [0.717, 1.165) is 36.7 Å². The molecular weight excluding hydrogens is 479 g/mol. The summed E-state index contributed by atoms with van der Waals surface area (Å²) >= 11 is 0. The Labute approximate surface area is 216 Å². The van der Waals surface area contributed by atoms with Crippen molar-refractivity contribution >= 4 is 5.97 Å². The monoisotopic (exact) mass is 513 g/mol. The molecule has 2 fully saturated rings. The summed E-state index contributed by atoms with van der Waals surface area (Å²) in [5, 5.41) is 8.73. The molecule has 2 aromatic rings. The van der Waals surface area contributed by atoms with Gasteiger partial charge in [-0.1, -0.05) is 32.6 Å². The predicted molar refractivity (Wildman–Crippen MR) is 134 cm³/mol. The number of benzene rings is 2. The van der Waals surface area contributed by atoms with Gasteiger partial charge in [-0.3, -0.25) is 0 Å². The third kappa shape index (κ3) is 6.85. The van der Waals surface area contributed by atoms with E-state index in [1.165, 1.54) is 69.6 Å². The molecule has 0 atom stereocenters. The Morgan fingerprint density at radius 2 is 1.43 bits per heavy atom. The van der Waals surface area contributed by atoms with E-state index in [9.17, 15) is 18.0 Å². The summed E-state index contributed by atoms with van der Waals surface area (Å²) in [7, 11) is 0. The fourth-order valence-electron chi connectivity index (χ4n) is 6.03. The first-order valence-corrected chi connectivity index (χ1v) is 13.4. The number of nitrogens with zero attached hydrogens (tertiary/aromatic N) is 1. The Kier molecular flexibility index (Phi) is 9.13. The highest BCUT2D eigenvalue weighted by atomic mass is 19.1. The SMILES string of the molecule is CCCC1CCC(C2CCC(COc3ccc(C(=O)Oc4cc(F)c(C#N)c(F)c4)c(F)c3)CC2)CC1. The van der Waals surface area contributed by atoms with Gasteiger partial charge in [-0.25, -0.2) is 18.0 Å². The molecule has 0 bridgehead atoms. The fraction of sp³-hybridized carbons (Fsp3) is 0.533. The lowest BCUT2D eigenvalue weighted by Crippen LogP contribution is -2.27. The average molecular weight is 514 g/mol. The van der Waals surface area contributed by atoms with Crippen LogP contribution in [0.3, 0.4) is 0 Å². The van der Waals surface area contributed by atoms with Gasteiger partial charge in [0.2, 0.25) is 0 Å². The van der Waals surface area contributed by atoms with Gasteiger partial charge in [0.25, 0.3) is 0 Å². The second-order valence-electron chi connectivity index (χ2n) is 10.6. The van der Waals surface area contributed by atoms with E-state index in [0.29, 0.717) is 30.4 Å². The van der Waals surface area contributed by atoms with Crippen LogP contribution in [0.1, 0.15) is 87.1 Å². The van der Waals surface area contributed by atoms with Crippen molar-refractivity contribution in [1.29, 1.82) is 5.26 Å². The number of hydrogen-bond donors (Lipinski definition) is 0. The molecule has 0 aromatic heterocycles. The Hall–Kier alpha value is -3.01. The molecule has 4 rings (SSSR count). The minimum atomic E-state index is -1.16. The summed E-state index contributed by atoms with van der Waals surface area (Å²) in [5.41, 5.74) is -1.16. The lowest BCUT2D eigenvalue weighted by Gasteiger charge is -2.37. The minimum Gasteiger partial charge on any atom is -0.493 e. The van der Waals surface area contributed by atoms with Gasteiger partial charge >= 0.3 is 5.97 Å². The van der Waals surface area contributed by atoms with Crippen LogP contribution in [-0.2, 0) is 0 Å². The maximum Gasteiger partial charge on any atom is 0.346 e. The summed E-state index contributed by atoms with van der Waals surface area (Å²) < 4.78 is 52.8. The van der Waals surface area contributed by atoms with E-state index in [2.05, 4.69) is 6.92 Å². The second-order valence-corrected chi connectivity index (χ2v) is 10.6. The zero-order valence-electron chi connectivity index (χ0n) is 21.3. The number of hydrogen-bond acceptors (Lipinski definition) is 4.